The molecule has 92 valence electrons. The minimum Gasteiger partial charge on any atom is -0.490 e. The number of rotatable bonds is 2. The summed E-state index contributed by atoms with van der Waals surface area (Å²) in [6.07, 6.45) is 2.17. The molecule has 1 aromatic rings. The van der Waals surface area contributed by atoms with Gasteiger partial charge in [0, 0.05) is 38.2 Å². The smallest absolute Gasteiger partial charge is 0.407 e. The summed E-state index contributed by atoms with van der Waals surface area (Å²) >= 11 is 5.75. The van der Waals surface area contributed by atoms with Crippen LogP contribution in [0.3, 0.4) is 0 Å². The van der Waals surface area contributed by atoms with E-state index in [1.165, 1.54) is 4.90 Å². The van der Waals surface area contributed by atoms with Crippen molar-refractivity contribution in [3.8, 4) is 5.75 Å². The number of likely N-dealkylation sites (tertiary alicyclic amines) is 1. The number of carboxylic acid groups (broad SMARTS) is 1. The zero-order chi connectivity index (χ0) is 12.3. The van der Waals surface area contributed by atoms with Crippen molar-refractivity contribution in [2.75, 3.05) is 13.1 Å². The molecule has 0 aromatic carbocycles. The fraction of sp³-hybridized carbons (Fsp3) is 0.455. The van der Waals surface area contributed by atoms with Gasteiger partial charge in [-0.25, -0.2) is 9.78 Å². The lowest BCUT2D eigenvalue weighted by Gasteiger charge is -2.30. The Morgan fingerprint density at radius 2 is 2.24 bits per heavy atom. The maximum absolute atomic E-state index is 10.7. The molecular weight excluding hydrogens is 244 g/mol. The number of hydrogen-bond donors (Lipinski definition) is 1. The lowest BCUT2D eigenvalue weighted by Crippen LogP contribution is -2.41. The summed E-state index contributed by atoms with van der Waals surface area (Å²) in [7, 11) is 0. The van der Waals surface area contributed by atoms with E-state index in [1.54, 1.807) is 18.3 Å². The quantitative estimate of drug-likeness (QED) is 0.825. The van der Waals surface area contributed by atoms with E-state index < -0.39 is 6.09 Å². The zero-order valence-corrected chi connectivity index (χ0v) is 9.93. The Labute approximate surface area is 104 Å². The third-order valence-corrected chi connectivity index (χ3v) is 2.92. The largest absolute Gasteiger partial charge is 0.490 e. The minimum atomic E-state index is -0.865. The van der Waals surface area contributed by atoms with Crippen molar-refractivity contribution in [3.05, 3.63) is 23.5 Å². The number of aromatic nitrogens is 1. The van der Waals surface area contributed by atoms with E-state index in [-0.39, 0.29) is 6.10 Å². The van der Waals surface area contributed by atoms with Crippen molar-refractivity contribution in [1.29, 1.82) is 0 Å². The first-order valence-corrected chi connectivity index (χ1v) is 5.79. The van der Waals surface area contributed by atoms with Gasteiger partial charge < -0.3 is 14.7 Å². The number of hydrogen-bond acceptors (Lipinski definition) is 3. The number of nitrogens with zero attached hydrogens (tertiary/aromatic N) is 2. The number of piperidine rings is 1. The highest BCUT2D eigenvalue weighted by Crippen LogP contribution is 2.20. The van der Waals surface area contributed by atoms with Crippen LogP contribution in [0.25, 0.3) is 0 Å². The topological polar surface area (TPSA) is 62.7 Å². The first kappa shape index (κ1) is 12.0. The summed E-state index contributed by atoms with van der Waals surface area (Å²) in [5.74, 6) is 0.679. The van der Waals surface area contributed by atoms with Gasteiger partial charge in [0.05, 0.1) is 0 Å². The van der Waals surface area contributed by atoms with Crippen LogP contribution in [-0.4, -0.2) is 40.3 Å². The van der Waals surface area contributed by atoms with Crippen LogP contribution >= 0.6 is 11.6 Å². The van der Waals surface area contributed by atoms with Crippen LogP contribution in [0, 0.1) is 0 Å². The van der Waals surface area contributed by atoms with E-state index in [2.05, 4.69) is 4.98 Å². The van der Waals surface area contributed by atoms with Crippen molar-refractivity contribution in [3.63, 3.8) is 0 Å². The molecule has 1 aliphatic heterocycles. The van der Waals surface area contributed by atoms with Gasteiger partial charge in [0.2, 0.25) is 0 Å². The fourth-order valence-corrected chi connectivity index (χ4v) is 1.98. The average molecular weight is 257 g/mol. The summed E-state index contributed by atoms with van der Waals surface area (Å²) in [5, 5.41) is 9.20. The number of carbonyl (C=O) groups is 1. The van der Waals surface area contributed by atoms with Crippen LogP contribution in [0.5, 0.6) is 5.75 Å². The second kappa shape index (κ2) is 5.23. The zero-order valence-electron chi connectivity index (χ0n) is 9.17. The van der Waals surface area contributed by atoms with E-state index in [1.807, 2.05) is 0 Å². The number of pyridine rings is 1. The van der Waals surface area contributed by atoms with Crippen LogP contribution in [0.2, 0.25) is 5.15 Å². The van der Waals surface area contributed by atoms with Crippen LogP contribution in [0.15, 0.2) is 18.3 Å². The standard InChI is InChI=1S/C11H13ClN2O3/c12-10-7-9(1-4-13-10)17-8-2-5-14(6-3-8)11(15)16/h1,4,7-8H,2-3,5-6H2,(H,15,16). The first-order chi connectivity index (χ1) is 8.15. The third kappa shape index (κ3) is 3.23. The van der Waals surface area contributed by atoms with Crippen LogP contribution in [0.4, 0.5) is 4.79 Å². The lowest BCUT2D eigenvalue weighted by molar-refractivity contribution is 0.0894. The monoisotopic (exact) mass is 256 g/mol. The molecule has 5 nitrogen and oxygen atoms in total. The van der Waals surface area contributed by atoms with Crippen LogP contribution < -0.4 is 4.74 Å². The van der Waals surface area contributed by atoms with Crippen molar-refractivity contribution in [2.45, 2.75) is 18.9 Å². The fourth-order valence-electron chi connectivity index (χ4n) is 1.82. The molecule has 0 atom stereocenters. The van der Waals surface area contributed by atoms with E-state index in [9.17, 15) is 4.79 Å². The highest BCUT2D eigenvalue weighted by molar-refractivity contribution is 6.29. The molecule has 1 saturated heterocycles. The first-order valence-electron chi connectivity index (χ1n) is 5.41. The van der Waals surface area contributed by atoms with Gasteiger partial charge in [-0.3, -0.25) is 0 Å². The predicted octanol–water partition coefficient (Wildman–Crippen LogP) is 2.26. The second-order valence-electron chi connectivity index (χ2n) is 3.90. The number of halogens is 1. The van der Waals surface area contributed by atoms with Crippen LogP contribution in [-0.2, 0) is 0 Å². The van der Waals surface area contributed by atoms with Crippen LogP contribution in [0.1, 0.15) is 12.8 Å². The number of amides is 1. The molecule has 6 heteroatoms. The summed E-state index contributed by atoms with van der Waals surface area (Å²) in [4.78, 5) is 16.0. The molecule has 0 unspecified atom stereocenters. The van der Waals surface area contributed by atoms with Gasteiger partial charge in [-0.2, -0.15) is 0 Å². The van der Waals surface area contributed by atoms with Crippen molar-refractivity contribution >= 4 is 17.7 Å². The highest BCUT2D eigenvalue weighted by atomic mass is 35.5. The summed E-state index contributed by atoms with van der Waals surface area (Å²) in [6.45, 7) is 1.03. The van der Waals surface area contributed by atoms with E-state index in [0.717, 1.165) is 0 Å². The average Bonchev–Trinajstić information content (AvgIpc) is 2.29. The molecule has 0 saturated carbocycles. The van der Waals surface area contributed by atoms with Gasteiger partial charge in [0.25, 0.3) is 0 Å². The molecule has 1 aliphatic rings. The maximum atomic E-state index is 10.7. The molecule has 2 heterocycles. The summed E-state index contributed by atoms with van der Waals surface area (Å²) in [6, 6.07) is 3.40. The van der Waals surface area contributed by atoms with Gasteiger partial charge in [0.15, 0.2) is 0 Å². The van der Waals surface area contributed by atoms with Crippen molar-refractivity contribution in [1.82, 2.24) is 9.88 Å². The van der Waals surface area contributed by atoms with E-state index in [4.69, 9.17) is 21.4 Å². The Morgan fingerprint density at radius 1 is 1.53 bits per heavy atom. The SMILES string of the molecule is O=C(O)N1CCC(Oc2ccnc(Cl)c2)CC1. The second-order valence-corrected chi connectivity index (χ2v) is 4.29. The van der Waals surface area contributed by atoms with E-state index in [0.29, 0.717) is 36.8 Å². The molecule has 1 fully saturated rings. The third-order valence-electron chi connectivity index (χ3n) is 2.71. The molecule has 0 bridgehead atoms. The predicted molar refractivity (Wildman–Crippen MR) is 62.5 cm³/mol. The summed E-state index contributed by atoms with van der Waals surface area (Å²) < 4.78 is 5.72. The van der Waals surface area contributed by atoms with Crippen molar-refractivity contribution < 1.29 is 14.6 Å². The Hall–Kier alpha value is -1.49. The van der Waals surface area contributed by atoms with Gasteiger partial charge in [0.1, 0.15) is 17.0 Å². The molecule has 0 aliphatic carbocycles. The van der Waals surface area contributed by atoms with Crippen molar-refractivity contribution in [2.24, 2.45) is 0 Å². The molecule has 1 amide bonds. The maximum Gasteiger partial charge on any atom is 0.407 e. The van der Waals surface area contributed by atoms with Gasteiger partial charge in [-0.05, 0) is 6.07 Å². The molecule has 17 heavy (non-hydrogen) atoms. The molecule has 1 N–H and O–H groups in total. The number of ether oxygens (including phenoxy) is 1. The minimum absolute atomic E-state index is 0.0454. The molecule has 1 aromatic heterocycles. The molecule has 0 radical (unpaired) electrons. The molecule has 2 rings (SSSR count). The molecular formula is C11H13ClN2O3. The van der Waals surface area contributed by atoms with E-state index >= 15 is 0 Å². The normalized spacial score (nSPS) is 16.9. The Morgan fingerprint density at radius 3 is 2.82 bits per heavy atom. The highest BCUT2D eigenvalue weighted by Gasteiger charge is 2.23. The molecule has 0 spiro atoms. The Bertz CT molecular complexity index is 405. The van der Waals surface area contributed by atoms with Gasteiger partial charge in [-0.1, -0.05) is 11.6 Å². The Kier molecular flexibility index (Phi) is 3.68. The Balaban J connectivity index is 1.88. The van der Waals surface area contributed by atoms with Gasteiger partial charge in [-0.15, -0.1) is 0 Å². The van der Waals surface area contributed by atoms with Gasteiger partial charge >= 0.3 is 6.09 Å². The summed E-state index contributed by atoms with van der Waals surface area (Å²) in [5.41, 5.74) is 0. The lowest BCUT2D eigenvalue weighted by atomic mass is 10.1.